The van der Waals surface area contributed by atoms with Gasteiger partial charge in [0.2, 0.25) is 0 Å². The summed E-state index contributed by atoms with van der Waals surface area (Å²) in [5, 5.41) is 7.63. The van der Waals surface area contributed by atoms with Crippen LogP contribution in [-0.4, -0.2) is 16.5 Å². The molecule has 17 heavy (non-hydrogen) atoms. The van der Waals surface area contributed by atoms with Gasteiger partial charge in [0, 0.05) is 5.39 Å². The lowest BCUT2D eigenvalue weighted by atomic mass is 10.2. The first kappa shape index (κ1) is 9.84. The SMILES string of the molecule is Cc1ccc2cc(-c3[nH]ncc3C=O)oc2c1. The minimum atomic E-state index is 0.501. The van der Waals surface area contributed by atoms with E-state index in [1.807, 2.05) is 31.2 Å². The molecule has 0 spiro atoms. The number of benzene rings is 1. The summed E-state index contributed by atoms with van der Waals surface area (Å²) < 4.78 is 5.71. The highest BCUT2D eigenvalue weighted by atomic mass is 16.3. The second-order valence-electron chi connectivity index (χ2n) is 3.97. The molecule has 3 aromatic rings. The lowest BCUT2D eigenvalue weighted by Crippen LogP contribution is -1.80. The molecule has 3 rings (SSSR count). The van der Waals surface area contributed by atoms with E-state index in [9.17, 15) is 4.79 Å². The first-order chi connectivity index (χ1) is 8.28. The van der Waals surface area contributed by atoms with Crippen molar-refractivity contribution in [1.29, 1.82) is 0 Å². The lowest BCUT2D eigenvalue weighted by Gasteiger charge is -1.91. The molecule has 0 fully saturated rings. The number of aryl methyl sites for hydroxylation is 1. The van der Waals surface area contributed by atoms with Gasteiger partial charge in [-0.3, -0.25) is 9.89 Å². The van der Waals surface area contributed by atoms with Crippen LogP contribution in [0.3, 0.4) is 0 Å². The fourth-order valence-corrected chi connectivity index (χ4v) is 1.84. The minimum absolute atomic E-state index is 0.501. The molecule has 0 bridgehead atoms. The van der Waals surface area contributed by atoms with Gasteiger partial charge in [0.1, 0.15) is 11.3 Å². The molecule has 0 aliphatic heterocycles. The van der Waals surface area contributed by atoms with E-state index in [4.69, 9.17) is 4.42 Å². The van der Waals surface area contributed by atoms with Crippen LogP contribution in [0.25, 0.3) is 22.4 Å². The Hall–Kier alpha value is -2.36. The van der Waals surface area contributed by atoms with Crippen LogP contribution in [0.1, 0.15) is 15.9 Å². The van der Waals surface area contributed by atoms with Gasteiger partial charge in [0.25, 0.3) is 0 Å². The lowest BCUT2D eigenvalue weighted by molar-refractivity contribution is 0.112. The predicted octanol–water partition coefficient (Wildman–Crippen LogP) is 2.94. The number of aldehydes is 1. The van der Waals surface area contributed by atoms with Crippen LogP contribution in [0.2, 0.25) is 0 Å². The summed E-state index contributed by atoms with van der Waals surface area (Å²) in [6, 6.07) is 7.88. The molecular weight excluding hydrogens is 216 g/mol. The van der Waals surface area contributed by atoms with E-state index in [1.54, 1.807) is 0 Å². The molecule has 0 saturated carbocycles. The van der Waals surface area contributed by atoms with Gasteiger partial charge in [-0.2, -0.15) is 5.10 Å². The Morgan fingerprint density at radius 1 is 1.35 bits per heavy atom. The Labute approximate surface area is 97.3 Å². The summed E-state index contributed by atoms with van der Waals surface area (Å²) in [6.07, 6.45) is 2.25. The number of furan rings is 1. The molecule has 84 valence electrons. The zero-order valence-corrected chi connectivity index (χ0v) is 9.23. The van der Waals surface area contributed by atoms with Crippen molar-refractivity contribution in [2.45, 2.75) is 6.92 Å². The van der Waals surface area contributed by atoms with Crippen LogP contribution in [0.5, 0.6) is 0 Å². The van der Waals surface area contributed by atoms with E-state index < -0.39 is 0 Å². The number of hydrogen-bond acceptors (Lipinski definition) is 3. The maximum absolute atomic E-state index is 10.8. The molecule has 0 aliphatic carbocycles. The van der Waals surface area contributed by atoms with Crippen molar-refractivity contribution >= 4 is 17.3 Å². The van der Waals surface area contributed by atoms with Crippen molar-refractivity contribution < 1.29 is 9.21 Å². The second-order valence-corrected chi connectivity index (χ2v) is 3.97. The highest BCUT2D eigenvalue weighted by Gasteiger charge is 2.12. The third kappa shape index (κ3) is 1.54. The molecule has 0 radical (unpaired) electrons. The Morgan fingerprint density at radius 2 is 2.24 bits per heavy atom. The van der Waals surface area contributed by atoms with E-state index in [0.29, 0.717) is 17.0 Å². The molecule has 4 heteroatoms. The van der Waals surface area contributed by atoms with Gasteiger partial charge < -0.3 is 4.42 Å². The van der Waals surface area contributed by atoms with Gasteiger partial charge in [0.15, 0.2) is 12.0 Å². The van der Waals surface area contributed by atoms with Gasteiger partial charge in [-0.25, -0.2) is 0 Å². The summed E-state index contributed by atoms with van der Waals surface area (Å²) in [7, 11) is 0. The van der Waals surface area contributed by atoms with Crippen molar-refractivity contribution in [3.63, 3.8) is 0 Å². The molecule has 0 saturated heterocycles. The molecular formula is C13H10N2O2. The normalized spacial score (nSPS) is 10.9. The van der Waals surface area contributed by atoms with E-state index in [2.05, 4.69) is 10.2 Å². The molecule has 4 nitrogen and oxygen atoms in total. The molecule has 2 heterocycles. The third-order valence-corrected chi connectivity index (χ3v) is 2.72. The fraction of sp³-hybridized carbons (Fsp3) is 0.0769. The van der Waals surface area contributed by atoms with Crippen LogP contribution in [0.4, 0.5) is 0 Å². The van der Waals surface area contributed by atoms with Crippen molar-refractivity contribution in [3.8, 4) is 11.5 Å². The average Bonchev–Trinajstić information content (AvgIpc) is 2.93. The van der Waals surface area contributed by atoms with Crippen molar-refractivity contribution in [2.75, 3.05) is 0 Å². The standard InChI is InChI=1S/C13H10N2O2/c1-8-2-3-9-5-12(17-11(9)4-8)13-10(7-16)6-14-15-13/h2-7H,1H3,(H,14,15). The monoisotopic (exact) mass is 226 g/mol. The third-order valence-electron chi connectivity index (χ3n) is 2.72. The van der Waals surface area contributed by atoms with Gasteiger partial charge >= 0.3 is 0 Å². The summed E-state index contributed by atoms with van der Waals surface area (Å²) in [5.41, 5.74) is 3.07. The number of carbonyl (C=O) groups excluding carboxylic acids is 1. The second kappa shape index (κ2) is 3.59. The van der Waals surface area contributed by atoms with E-state index >= 15 is 0 Å². The quantitative estimate of drug-likeness (QED) is 0.683. The zero-order chi connectivity index (χ0) is 11.8. The molecule has 0 aliphatic rings. The van der Waals surface area contributed by atoms with Crippen LogP contribution in [-0.2, 0) is 0 Å². The first-order valence-corrected chi connectivity index (χ1v) is 5.27. The summed E-state index contributed by atoms with van der Waals surface area (Å²) in [4.78, 5) is 10.8. The van der Waals surface area contributed by atoms with Crippen LogP contribution < -0.4 is 0 Å². The Balaban J connectivity index is 2.21. The van der Waals surface area contributed by atoms with Gasteiger partial charge in [-0.05, 0) is 24.6 Å². The fourth-order valence-electron chi connectivity index (χ4n) is 1.84. The molecule has 0 amide bonds. The predicted molar refractivity (Wildman–Crippen MR) is 63.9 cm³/mol. The number of hydrogen-bond donors (Lipinski definition) is 1. The number of nitrogens with zero attached hydrogens (tertiary/aromatic N) is 1. The highest BCUT2D eigenvalue weighted by Crippen LogP contribution is 2.28. The number of rotatable bonds is 2. The number of nitrogens with one attached hydrogen (secondary N) is 1. The van der Waals surface area contributed by atoms with Crippen LogP contribution in [0, 0.1) is 6.92 Å². The Bertz CT molecular complexity index is 694. The Morgan fingerprint density at radius 3 is 3.06 bits per heavy atom. The van der Waals surface area contributed by atoms with E-state index in [-0.39, 0.29) is 0 Å². The van der Waals surface area contributed by atoms with Gasteiger partial charge in [-0.15, -0.1) is 0 Å². The zero-order valence-electron chi connectivity index (χ0n) is 9.23. The van der Waals surface area contributed by atoms with E-state index in [1.165, 1.54) is 6.20 Å². The van der Waals surface area contributed by atoms with Crippen molar-refractivity contribution in [1.82, 2.24) is 10.2 Å². The maximum Gasteiger partial charge on any atom is 0.153 e. The number of H-pyrrole nitrogens is 1. The minimum Gasteiger partial charge on any atom is -0.454 e. The molecule has 0 atom stereocenters. The summed E-state index contributed by atoms with van der Waals surface area (Å²) in [5.74, 6) is 0.630. The molecule has 1 aromatic carbocycles. The largest absolute Gasteiger partial charge is 0.454 e. The maximum atomic E-state index is 10.8. The number of aromatic amines is 1. The van der Waals surface area contributed by atoms with E-state index in [0.717, 1.165) is 22.8 Å². The Kier molecular flexibility index (Phi) is 2.08. The molecule has 1 N–H and O–H groups in total. The van der Waals surface area contributed by atoms with Crippen molar-refractivity contribution in [2.24, 2.45) is 0 Å². The van der Waals surface area contributed by atoms with Crippen LogP contribution in [0.15, 0.2) is 34.9 Å². The topological polar surface area (TPSA) is 58.9 Å². The smallest absolute Gasteiger partial charge is 0.153 e. The number of aromatic nitrogens is 2. The number of fused-ring (bicyclic) bond motifs is 1. The average molecular weight is 226 g/mol. The van der Waals surface area contributed by atoms with Gasteiger partial charge in [0.05, 0.1) is 11.8 Å². The number of carbonyl (C=O) groups is 1. The highest BCUT2D eigenvalue weighted by molar-refractivity contribution is 5.88. The molecule has 2 aromatic heterocycles. The van der Waals surface area contributed by atoms with Crippen LogP contribution >= 0.6 is 0 Å². The van der Waals surface area contributed by atoms with Crippen molar-refractivity contribution in [3.05, 3.63) is 41.6 Å². The summed E-state index contributed by atoms with van der Waals surface area (Å²) in [6.45, 7) is 2.01. The first-order valence-electron chi connectivity index (χ1n) is 5.27. The molecule has 0 unspecified atom stereocenters. The summed E-state index contributed by atoms with van der Waals surface area (Å²) >= 11 is 0. The van der Waals surface area contributed by atoms with Gasteiger partial charge in [-0.1, -0.05) is 12.1 Å².